The normalized spacial score (nSPS) is 21.4. The summed E-state index contributed by atoms with van der Waals surface area (Å²) in [5.41, 5.74) is 0.415. The van der Waals surface area contributed by atoms with Gasteiger partial charge < -0.3 is 20.1 Å². The lowest BCUT2D eigenvalue weighted by atomic mass is 10.0. The minimum absolute atomic E-state index is 0.258. The second-order valence-electron chi connectivity index (χ2n) is 5.63. The Hall–Kier alpha value is -2.23. The molecule has 1 aromatic rings. The third-order valence-corrected chi connectivity index (χ3v) is 5.19. The van der Waals surface area contributed by atoms with E-state index in [0.29, 0.717) is 5.56 Å². The largest absolute Gasteiger partial charge is 0.545 e. The molecule has 1 unspecified atom stereocenters. The molecule has 1 atom stereocenters. The van der Waals surface area contributed by atoms with Gasteiger partial charge in [-0.1, -0.05) is 12.2 Å². The van der Waals surface area contributed by atoms with E-state index in [9.17, 15) is 18.3 Å². The number of hydrogen-bond acceptors (Lipinski definition) is 7. The molecule has 0 aromatic carbocycles. The predicted molar refractivity (Wildman–Crippen MR) is 87.3 cm³/mol. The molecule has 1 aromatic heterocycles. The van der Waals surface area contributed by atoms with Crippen molar-refractivity contribution in [3.8, 4) is 0 Å². The van der Waals surface area contributed by atoms with Gasteiger partial charge in [0.1, 0.15) is 11.1 Å². The van der Waals surface area contributed by atoms with Crippen LogP contribution >= 0.6 is 0 Å². The summed E-state index contributed by atoms with van der Waals surface area (Å²) in [6.07, 6.45) is 4.22. The van der Waals surface area contributed by atoms with Crippen LogP contribution in [0.5, 0.6) is 0 Å². The molecule has 24 heavy (non-hydrogen) atoms. The number of nitrogens with zero attached hydrogens (tertiary/aromatic N) is 2. The van der Waals surface area contributed by atoms with Gasteiger partial charge in [-0.25, -0.2) is 18.5 Å². The predicted octanol–water partition coefficient (Wildman–Crippen LogP) is -1.78. The maximum absolute atomic E-state index is 11.6. The molecule has 1 saturated heterocycles. The second kappa shape index (κ2) is 6.34. The minimum Gasteiger partial charge on any atom is -0.545 e. The number of aromatic nitrogens is 1. The third kappa shape index (κ3) is 3.18. The van der Waals surface area contributed by atoms with Gasteiger partial charge in [0.15, 0.2) is 0 Å². The smallest absolute Gasteiger partial charge is 0.219 e. The van der Waals surface area contributed by atoms with Crippen LogP contribution in [0.4, 0.5) is 5.82 Å². The van der Waals surface area contributed by atoms with Gasteiger partial charge >= 0.3 is 0 Å². The maximum atomic E-state index is 11.6. The van der Waals surface area contributed by atoms with Crippen molar-refractivity contribution >= 4 is 27.4 Å². The highest BCUT2D eigenvalue weighted by Crippen LogP contribution is 2.31. The highest BCUT2D eigenvalue weighted by atomic mass is 32.2. The van der Waals surface area contributed by atoms with E-state index in [1.54, 1.807) is 12.1 Å². The van der Waals surface area contributed by atoms with Crippen LogP contribution < -0.4 is 20.5 Å². The fourth-order valence-electron chi connectivity index (χ4n) is 2.90. The first-order valence-corrected chi connectivity index (χ1v) is 9.06. The van der Waals surface area contributed by atoms with Crippen LogP contribution in [0.15, 0.2) is 36.1 Å². The minimum atomic E-state index is -4.06. The van der Waals surface area contributed by atoms with E-state index in [4.69, 9.17) is 5.14 Å². The Morgan fingerprint density at radius 1 is 1.33 bits per heavy atom. The van der Waals surface area contributed by atoms with Crippen molar-refractivity contribution in [2.45, 2.75) is 5.25 Å². The molecule has 2 heterocycles. The molecule has 128 valence electrons. The molecule has 9 heteroatoms. The third-order valence-electron chi connectivity index (χ3n) is 4.09. The summed E-state index contributed by atoms with van der Waals surface area (Å²) < 4.78 is 23.1. The van der Waals surface area contributed by atoms with Gasteiger partial charge in [-0.3, -0.25) is 0 Å². The van der Waals surface area contributed by atoms with E-state index < -0.39 is 21.2 Å². The number of carbonyl (C=O) groups excluding carboxylic acids is 1. The molecular formula is C15H17N4O4S-. The number of carboxylic acids is 1. The summed E-state index contributed by atoms with van der Waals surface area (Å²) in [4.78, 5) is 17.9. The fraction of sp³-hybridized carbons (Fsp3) is 0.333. The van der Waals surface area contributed by atoms with E-state index in [2.05, 4.69) is 15.2 Å². The molecule has 1 aliphatic carbocycles. The number of allylic oxidation sites excluding steroid dienone is 2. The lowest BCUT2D eigenvalue weighted by molar-refractivity contribution is -0.299. The number of piperazine rings is 1. The van der Waals surface area contributed by atoms with Crippen LogP contribution in [-0.2, 0) is 14.8 Å². The van der Waals surface area contributed by atoms with Crippen molar-refractivity contribution in [3.05, 3.63) is 41.6 Å². The van der Waals surface area contributed by atoms with E-state index >= 15 is 0 Å². The summed E-state index contributed by atoms with van der Waals surface area (Å²) in [7, 11) is -4.06. The lowest BCUT2D eigenvalue weighted by Crippen LogP contribution is -2.43. The number of carbonyl (C=O) groups is 1. The standard InChI is InChI=1S/C15H18N4O4S/c16-24(22,23)12-3-2-11(14(12)15(20)21)10-1-4-13(18-9-10)19-7-5-17-6-8-19/h1-4,9,12,17H,5-8H2,(H,20,21)(H2,16,22,23)/p-1. The summed E-state index contributed by atoms with van der Waals surface area (Å²) in [5.74, 6) is -0.763. The van der Waals surface area contributed by atoms with Crippen LogP contribution in [0.3, 0.4) is 0 Å². The Morgan fingerprint density at radius 3 is 2.58 bits per heavy atom. The Kier molecular flexibility index (Phi) is 4.39. The van der Waals surface area contributed by atoms with Gasteiger partial charge in [-0.05, 0) is 17.7 Å². The number of primary sulfonamides is 1. The molecule has 1 fully saturated rings. The van der Waals surface area contributed by atoms with Crippen molar-refractivity contribution in [3.63, 3.8) is 0 Å². The molecule has 0 spiro atoms. The van der Waals surface area contributed by atoms with Gasteiger partial charge in [0.2, 0.25) is 10.0 Å². The van der Waals surface area contributed by atoms with Crippen molar-refractivity contribution in [2.75, 3.05) is 31.1 Å². The summed E-state index contributed by atoms with van der Waals surface area (Å²) in [5, 5.41) is 18.3. The molecule has 0 bridgehead atoms. The van der Waals surface area contributed by atoms with E-state index in [-0.39, 0.29) is 11.1 Å². The SMILES string of the molecule is NS(=O)(=O)C1C=CC(c2ccc(N3CCNCC3)nc2)=C1C(=O)[O-]. The summed E-state index contributed by atoms with van der Waals surface area (Å²) in [6.45, 7) is 3.43. The van der Waals surface area contributed by atoms with Gasteiger partial charge in [0.25, 0.3) is 0 Å². The number of hydrogen-bond donors (Lipinski definition) is 2. The molecule has 0 radical (unpaired) electrons. The number of anilines is 1. The molecule has 8 nitrogen and oxygen atoms in total. The Labute approximate surface area is 139 Å². The molecule has 3 rings (SSSR count). The average molecular weight is 349 g/mol. The number of aliphatic carboxylic acids is 1. The number of nitrogens with one attached hydrogen (secondary N) is 1. The highest BCUT2D eigenvalue weighted by molar-refractivity contribution is 7.90. The zero-order valence-corrected chi connectivity index (χ0v) is 13.6. The van der Waals surface area contributed by atoms with Crippen molar-refractivity contribution in [1.29, 1.82) is 0 Å². The topological polar surface area (TPSA) is 128 Å². The molecule has 0 amide bonds. The lowest BCUT2D eigenvalue weighted by Gasteiger charge is -2.28. The van der Waals surface area contributed by atoms with Crippen LogP contribution in [0.25, 0.3) is 5.57 Å². The fourth-order valence-corrected chi connectivity index (χ4v) is 3.75. The molecule has 3 N–H and O–H groups in total. The monoisotopic (exact) mass is 349 g/mol. The van der Waals surface area contributed by atoms with E-state index in [1.165, 1.54) is 18.3 Å². The Bertz CT molecular complexity index is 808. The second-order valence-corrected chi connectivity index (χ2v) is 7.31. The molecule has 2 aliphatic rings. The van der Waals surface area contributed by atoms with Crippen LogP contribution in [-0.4, -0.2) is 50.8 Å². The first kappa shape index (κ1) is 16.6. The van der Waals surface area contributed by atoms with Crippen molar-refractivity contribution in [1.82, 2.24) is 10.3 Å². The number of pyridine rings is 1. The van der Waals surface area contributed by atoms with Crippen molar-refractivity contribution in [2.24, 2.45) is 5.14 Å². The summed E-state index contributed by atoms with van der Waals surface area (Å²) >= 11 is 0. The highest BCUT2D eigenvalue weighted by Gasteiger charge is 2.31. The number of rotatable bonds is 4. The van der Waals surface area contributed by atoms with Gasteiger partial charge in [-0.15, -0.1) is 0 Å². The maximum Gasteiger partial charge on any atom is 0.219 e. The summed E-state index contributed by atoms with van der Waals surface area (Å²) in [6, 6.07) is 3.51. The van der Waals surface area contributed by atoms with E-state index in [0.717, 1.165) is 32.0 Å². The van der Waals surface area contributed by atoms with Gasteiger partial charge in [0.05, 0.1) is 5.97 Å². The Morgan fingerprint density at radius 2 is 2.04 bits per heavy atom. The molecule has 1 aliphatic heterocycles. The van der Waals surface area contributed by atoms with Crippen LogP contribution in [0.2, 0.25) is 0 Å². The molecule has 0 saturated carbocycles. The zero-order valence-electron chi connectivity index (χ0n) is 12.8. The Balaban J connectivity index is 1.94. The van der Waals surface area contributed by atoms with E-state index in [1.807, 2.05) is 0 Å². The molecular weight excluding hydrogens is 332 g/mol. The van der Waals surface area contributed by atoms with Crippen LogP contribution in [0, 0.1) is 0 Å². The van der Waals surface area contributed by atoms with Gasteiger partial charge in [0, 0.05) is 43.5 Å². The first-order valence-electron chi connectivity index (χ1n) is 7.45. The average Bonchev–Trinajstić information content (AvgIpc) is 3.01. The van der Waals surface area contributed by atoms with Crippen molar-refractivity contribution < 1.29 is 18.3 Å². The number of nitrogens with two attached hydrogens (primary N) is 1. The first-order chi connectivity index (χ1) is 11.4. The van der Waals surface area contributed by atoms with Crippen LogP contribution in [0.1, 0.15) is 5.56 Å². The number of sulfonamides is 1. The quantitative estimate of drug-likeness (QED) is 0.657. The zero-order chi connectivity index (χ0) is 17.3. The number of carboxylic acid groups (broad SMARTS) is 1. The van der Waals surface area contributed by atoms with Gasteiger partial charge in [-0.2, -0.15) is 0 Å².